The van der Waals surface area contributed by atoms with E-state index in [1.807, 2.05) is 6.92 Å². The smallest absolute Gasteiger partial charge is 0.315 e. The van der Waals surface area contributed by atoms with Crippen LogP contribution in [0.4, 0.5) is 13.6 Å². The number of halogens is 2. The topological polar surface area (TPSA) is 70.2 Å². The summed E-state index contributed by atoms with van der Waals surface area (Å²) in [6.45, 7) is 2.39. The maximum atomic E-state index is 12.9. The minimum Gasteiger partial charge on any atom is -0.350 e. The van der Waals surface area contributed by atoms with Crippen LogP contribution < -0.4 is 16.0 Å². The van der Waals surface area contributed by atoms with Gasteiger partial charge in [-0.1, -0.05) is 37.6 Å². The van der Waals surface area contributed by atoms with Gasteiger partial charge in [0.15, 0.2) is 0 Å². The van der Waals surface area contributed by atoms with Gasteiger partial charge in [0.25, 0.3) is 0 Å². The average Bonchev–Trinajstić information content (AvgIpc) is 2.66. The van der Waals surface area contributed by atoms with Crippen molar-refractivity contribution in [3.63, 3.8) is 0 Å². The fourth-order valence-electron chi connectivity index (χ4n) is 2.47. The van der Waals surface area contributed by atoms with Crippen molar-refractivity contribution in [3.05, 3.63) is 71.3 Å². The average molecular weight is 375 g/mol. The van der Waals surface area contributed by atoms with Gasteiger partial charge >= 0.3 is 6.03 Å². The summed E-state index contributed by atoms with van der Waals surface area (Å²) < 4.78 is 25.8. The molecule has 0 aliphatic carbocycles. The highest BCUT2D eigenvalue weighted by Crippen LogP contribution is 2.04. The molecule has 0 spiro atoms. The van der Waals surface area contributed by atoms with E-state index in [9.17, 15) is 18.4 Å². The Morgan fingerprint density at radius 1 is 0.852 bits per heavy atom. The van der Waals surface area contributed by atoms with E-state index in [1.165, 1.54) is 24.3 Å². The molecule has 3 N–H and O–H groups in total. The predicted octanol–water partition coefficient (Wildman–Crippen LogP) is 3.25. The number of hydrogen-bond donors (Lipinski definition) is 3. The van der Waals surface area contributed by atoms with Crippen molar-refractivity contribution in [2.24, 2.45) is 0 Å². The third-order valence-electron chi connectivity index (χ3n) is 3.95. The zero-order valence-corrected chi connectivity index (χ0v) is 15.1. The van der Waals surface area contributed by atoms with Crippen molar-refractivity contribution < 1.29 is 18.4 Å². The number of carbonyl (C=O) groups excluding carboxylic acids is 2. The van der Waals surface area contributed by atoms with Crippen LogP contribution in [-0.2, 0) is 17.9 Å². The first-order valence-electron chi connectivity index (χ1n) is 8.79. The third-order valence-corrected chi connectivity index (χ3v) is 3.95. The van der Waals surface area contributed by atoms with Gasteiger partial charge < -0.3 is 16.0 Å². The SMILES string of the molecule is CCC[C@H](NC(=O)NCc1ccc(F)cc1)C(=O)NCc1ccc(F)cc1. The molecule has 0 aromatic heterocycles. The fraction of sp³-hybridized carbons (Fsp3) is 0.300. The lowest BCUT2D eigenvalue weighted by Crippen LogP contribution is -2.49. The molecule has 0 fully saturated rings. The van der Waals surface area contributed by atoms with Gasteiger partial charge in [0.1, 0.15) is 17.7 Å². The van der Waals surface area contributed by atoms with E-state index in [1.54, 1.807) is 24.3 Å². The molecule has 27 heavy (non-hydrogen) atoms. The molecule has 2 aromatic rings. The number of amides is 3. The first kappa shape index (κ1) is 20.4. The third kappa shape index (κ3) is 7.05. The van der Waals surface area contributed by atoms with Crippen LogP contribution in [0.5, 0.6) is 0 Å². The molecule has 5 nitrogen and oxygen atoms in total. The van der Waals surface area contributed by atoms with Crippen molar-refractivity contribution in [3.8, 4) is 0 Å². The number of hydrogen-bond acceptors (Lipinski definition) is 2. The minimum absolute atomic E-state index is 0.224. The van der Waals surface area contributed by atoms with E-state index in [2.05, 4.69) is 16.0 Å². The molecule has 0 heterocycles. The number of carbonyl (C=O) groups is 2. The van der Waals surface area contributed by atoms with E-state index >= 15 is 0 Å². The van der Waals surface area contributed by atoms with Crippen molar-refractivity contribution in [2.75, 3.05) is 0 Å². The van der Waals surface area contributed by atoms with Gasteiger partial charge in [-0.15, -0.1) is 0 Å². The van der Waals surface area contributed by atoms with Gasteiger partial charge in [0.2, 0.25) is 5.91 Å². The Labute approximate surface area is 157 Å². The van der Waals surface area contributed by atoms with Crippen LogP contribution in [0, 0.1) is 11.6 Å². The normalized spacial score (nSPS) is 11.5. The highest BCUT2D eigenvalue weighted by atomic mass is 19.1. The summed E-state index contributed by atoms with van der Waals surface area (Å²) in [5.74, 6) is -0.990. The van der Waals surface area contributed by atoms with Crippen LogP contribution in [-0.4, -0.2) is 18.0 Å². The minimum atomic E-state index is -0.677. The number of nitrogens with one attached hydrogen (secondary N) is 3. The van der Waals surface area contributed by atoms with Gasteiger partial charge in [-0.05, 0) is 41.8 Å². The molecule has 3 amide bonds. The molecule has 0 saturated heterocycles. The van der Waals surface area contributed by atoms with Crippen LogP contribution in [0.25, 0.3) is 0 Å². The van der Waals surface area contributed by atoms with Crippen LogP contribution in [0.1, 0.15) is 30.9 Å². The van der Waals surface area contributed by atoms with E-state index in [0.717, 1.165) is 11.1 Å². The van der Waals surface area contributed by atoms with Crippen molar-refractivity contribution >= 4 is 11.9 Å². The molecule has 0 radical (unpaired) electrons. The lowest BCUT2D eigenvalue weighted by Gasteiger charge is -2.18. The molecule has 7 heteroatoms. The molecule has 0 aliphatic rings. The highest BCUT2D eigenvalue weighted by molar-refractivity contribution is 5.86. The lowest BCUT2D eigenvalue weighted by atomic mass is 10.1. The van der Waals surface area contributed by atoms with Gasteiger partial charge in [-0.25, -0.2) is 13.6 Å². The summed E-state index contributed by atoms with van der Waals surface area (Å²) in [6.07, 6.45) is 1.20. The van der Waals surface area contributed by atoms with E-state index in [-0.39, 0.29) is 30.6 Å². The van der Waals surface area contributed by atoms with Crippen LogP contribution >= 0.6 is 0 Å². The van der Waals surface area contributed by atoms with E-state index in [0.29, 0.717) is 12.8 Å². The molecule has 0 saturated carbocycles. The zero-order valence-electron chi connectivity index (χ0n) is 15.1. The second-order valence-corrected chi connectivity index (χ2v) is 6.14. The summed E-state index contributed by atoms with van der Waals surface area (Å²) >= 11 is 0. The molecule has 2 rings (SSSR count). The maximum Gasteiger partial charge on any atom is 0.315 e. The first-order chi connectivity index (χ1) is 13.0. The highest BCUT2D eigenvalue weighted by Gasteiger charge is 2.19. The van der Waals surface area contributed by atoms with Crippen molar-refractivity contribution in [1.29, 1.82) is 0 Å². The van der Waals surface area contributed by atoms with Crippen molar-refractivity contribution in [1.82, 2.24) is 16.0 Å². The molecule has 1 atom stereocenters. The Kier molecular flexibility index (Phi) is 7.73. The van der Waals surface area contributed by atoms with Gasteiger partial charge in [0.05, 0.1) is 0 Å². The van der Waals surface area contributed by atoms with Crippen LogP contribution in [0.2, 0.25) is 0 Å². The second kappa shape index (κ2) is 10.3. The summed E-state index contributed by atoms with van der Waals surface area (Å²) in [4.78, 5) is 24.4. The molecular weight excluding hydrogens is 352 g/mol. The summed E-state index contributed by atoms with van der Waals surface area (Å²) in [7, 11) is 0. The largest absolute Gasteiger partial charge is 0.350 e. The molecule has 0 bridgehead atoms. The Balaban J connectivity index is 1.83. The monoisotopic (exact) mass is 375 g/mol. The number of urea groups is 1. The Morgan fingerprint density at radius 3 is 1.81 bits per heavy atom. The van der Waals surface area contributed by atoms with Gasteiger partial charge in [0, 0.05) is 13.1 Å². The fourth-order valence-corrected chi connectivity index (χ4v) is 2.47. The van der Waals surface area contributed by atoms with Gasteiger partial charge in [-0.3, -0.25) is 4.79 Å². The molecule has 2 aromatic carbocycles. The van der Waals surface area contributed by atoms with E-state index < -0.39 is 12.1 Å². The standard InChI is InChI=1S/C20H23F2N3O2/c1-2-3-18(19(26)23-12-14-4-8-16(21)9-5-14)25-20(27)24-13-15-6-10-17(22)11-7-15/h4-11,18H,2-3,12-13H2,1H3,(H,23,26)(H2,24,25,27)/t18-/m0/s1. The van der Waals surface area contributed by atoms with Crippen molar-refractivity contribution in [2.45, 2.75) is 38.9 Å². The Hall–Kier alpha value is -2.96. The predicted molar refractivity (Wildman–Crippen MR) is 98.7 cm³/mol. The van der Waals surface area contributed by atoms with E-state index in [4.69, 9.17) is 0 Å². The summed E-state index contributed by atoms with van der Waals surface area (Å²) in [6, 6.07) is 10.5. The maximum absolute atomic E-state index is 12.9. The number of rotatable bonds is 8. The molecule has 0 aliphatic heterocycles. The Morgan fingerprint density at radius 2 is 1.33 bits per heavy atom. The lowest BCUT2D eigenvalue weighted by molar-refractivity contribution is -0.123. The number of benzene rings is 2. The van der Waals surface area contributed by atoms with Crippen LogP contribution in [0.3, 0.4) is 0 Å². The molecular formula is C20H23F2N3O2. The molecule has 0 unspecified atom stereocenters. The summed E-state index contributed by atoms with van der Waals surface area (Å²) in [5, 5.41) is 8.04. The first-order valence-corrected chi connectivity index (χ1v) is 8.79. The van der Waals surface area contributed by atoms with Gasteiger partial charge in [-0.2, -0.15) is 0 Å². The zero-order chi connectivity index (χ0) is 19.6. The second-order valence-electron chi connectivity index (χ2n) is 6.14. The Bertz CT molecular complexity index is 749. The quantitative estimate of drug-likeness (QED) is 0.663. The van der Waals surface area contributed by atoms with Crippen LogP contribution in [0.15, 0.2) is 48.5 Å². The summed E-state index contributed by atoms with van der Waals surface area (Å²) in [5.41, 5.74) is 1.51. The molecule has 144 valence electrons.